The summed E-state index contributed by atoms with van der Waals surface area (Å²) in [6, 6.07) is 46.3. The van der Waals surface area contributed by atoms with Crippen molar-refractivity contribution in [3.63, 3.8) is 0 Å². The molecule has 1 atom stereocenters. The van der Waals surface area contributed by atoms with E-state index in [9.17, 15) is 0 Å². The minimum atomic E-state index is 0.348. The first kappa shape index (κ1) is 25.6. The number of hydrogen-bond donors (Lipinski definition) is 0. The maximum atomic E-state index is 5.05. The lowest BCUT2D eigenvalue weighted by atomic mass is 9.91. The lowest BCUT2D eigenvalue weighted by molar-refractivity contribution is 0.854. The van der Waals surface area contributed by atoms with Crippen molar-refractivity contribution >= 4 is 0 Å². The van der Waals surface area contributed by atoms with E-state index in [0.717, 1.165) is 45.4 Å². The molecule has 1 heterocycles. The van der Waals surface area contributed by atoms with Crippen LogP contribution in [0.1, 0.15) is 17.9 Å². The second kappa shape index (κ2) is 11.6. The molecule has 0 amide bonds. The zero-order valence-electron chi connectivity index (χ0n) is 23.1. The monoisotopic (exact) mass is 539 g/mol. The van der Waals surface area contributed by atoms with E-state index in [4.69, 9.17) is 15.0 Å². The van der Waals surface area contributed by atoms with Crippen LogP contribution in [0.25, 0.3) is 56.4 Å². The first-order chi connectivity index (χ1) is 20.8. The Balaban J connectivity index is 1.36. The fourth-order valence-corrected chi connectivity index (χ4v) is 5.44. The van der Waals surface area contributed by atoms with Crippen LogP contribution in [-0.2, 0) is 0 Å². The summed E-state index contributed by atoms with van der Waals surface area (Å²) in [6.45, 7) is 0. The van der Waals surface area contributed by atoms with Crippen molar-refractivity contribution in [2.24, 2.45) is 0 Å². The Bertz CT molecular complexity index is 1800. The van der Waals surface area contributed by atoms with E-state index in [1.165, 1.54) is 5.56 Å². The molecule has 6 aromatic rings. The summed E-state index contributed by atoms with van der Waals surface area (Å²) >= 11 is 0. The molecular weight excluding hydrogens is 510 g/mol. The molecule has 0 bridgehead atoms. The lowest BCUT2D eigenvalue weighted by Gasteiger charge is -2.15. The minimum absolute atomic E-state index is 0.348. The first-order valence-electron chi connectivity index (χ1n) is 14.3. The third-order valence-corrected chi connectivity index (χ3v) is 7.64. The van der Waals surface area contributed by atoms with Crippen LogP contribution < -0.4 is 0 Å². The van der Waals surface area contributed by atoms with Crippen molar-refractivity contribution in [1.29, 1.82) is 0 Å². The molecule has 0 radical (unpaired) electrons. The number of nitrogens with zero attached hydrogens (tertiary/aromatic N) is 3. The van der Waals surface area contributed by atoms with Gasteiger partial charge in [-0.15, -0.1) is 0 Å². The van der Waals surface area contributed by atoms with Gasteiger partial charge in [-0.25, -0.2) is 15.0 Å². The van der Waals surface area contributed by atoms with Crippen molar-refractivity contribution in [3.05, 3.63) is 163 Å². The molecule has 1 aliphatic carbocycles. The molecule has 0 saturated heterocycles. The molecule has 0 saturated carbocycles. The highest BCUT2D eigenvalue weighted by Crippen LogP contribution is 2.32. The van der Waals surface area contributed by atoms with Crippen molar-refractivity contribution in [3.8, 4) is 56.4 Å². The fraction of sp³-hybridized carbons (Fsp3) is 0.0513. The zero-order valence-corrected chi connectivity index (χ0v) is 23.1. The largest absolute Gasteiger partial charge is 0.208 e. The predicted molar refractivity (Wildman–Crippen MR) is 173 cm³/mol. The van der Waals surface area contributed by atoms with E-state index in [1.54, 1.807) is 0 Å². The second-order valence-corrected chi connectivity index (χ2v) is 10.5. The van der Waals surface area contributed by atoms with Gasteiger partial charge in [-0.2, -0.15) is 0 Å². The van der Waals surface area contributed by atoms with Crippen LogP contribution in [-0.4, -0.2) is 15.0 Å². The van der Waals surface area contributed by atoms with Gasteiger partial charge in [0, 0.05) is 22.6 Å². The molecule has 0 N–H and O–H groups in total. The molecule has 7 rings (SSSR count). The second-order valence-electron chi connectivity index (χ2n) is 10.5. The average molecular weight is 540 g/mol. The number of aromatic nitrogens is 3. The third-order valence-electron chi connectivity index (χ3n) is 7.64. The maximum Gasteiger partial charge on any atom is 0.164 e. The van der Waals surface area contributed by atoms with E-state index < -0.39 is 0 Å². The van der Waals surface area contributed by atoms with Crippen molar-refractivity contribution < 1.29 is 0 Å². The van der Waals surface area contributed by atoms with Crippen LogP contribution in [0.5, 0.6) is 0 Å². The number of hydrogen-bond acceptors (Lipinski definition) is 3. The molecule has 5 aromatic carbocycles. The number of allylic oxidation sites excluding steroid dienone is 4. The Kier molecular flexibility index (Phi) is 7.06. The van der Waals surface area contributed by atoms with Gasteiger partial charge in [-0.05, 0) is 52.4 Å². The molecule has 42 heavy (non-hydrogen) atoms. The summed E-state index contributed by atoms with van der Waals surface area (Å²) in [5, 5.41) is 0. The summed E-state index contributed by atoms with van der Waals surface area (Å²) in [6.07, 6.45) is 9.70. The molecule has 1 unspecified atom stereocenters. The highest BCUT2D eigenvalue weighted by molar-refractivity contribution is 5.74. The van der Waals surface area contributed by atoms with Gasteiger partial charge in [0.25, 0.3) is 0 Å². The smallest absolute Gasteiger partial charge is 0.164 e. The van der Waals surface area contributed by atoms with Crippen LogP contribution in [0.15, 0.2) is 158 Å². The van der Waals surface area contributed by atoms with Crippen LogP contribution >= 0.6 is 0 Å². The average Bonchev–Trinajstić information content (AvgIpc) is 3.09. The Labute approximate surface area is 246 Å². The molecular formula is C39H29N3. The van der Waals surface area contributed by atoms with Gasteiger partial charge in [-0.1, -0.05) is 140 Å². The topological polar surface area (TPSA) is 38.7 Å². The highest BCUT2D eigenvalue weighted by atomic mass is 15.0. The van der Waals surface area contributed by atoms with Crippen LogP contribution in [0, 0.1) is 0 Å². The predicted octanol–water partition coefficient (Wildman–Crippen LogP) is 9.81. The van der Waals surface area contributed by atoms with Gasteiger partial charge in [0.2, 0.25) is 0 Å². The lowest BCUT2D eigenvalue weighted by Crippen LogP contribution is -2.02. The molecule has 0 spiro atoms. The first-order valence-corrected chi connectivity index (χ1v) is 14.3. The van der Waals surface area contributed by atoms with Crippen LogP contribution in [0.4, 0.5) is 0 Å². The molecule has 0 aliphatic heterocycles. The van der Waals surface area contributed by atoms with Crippen LogP contribution in [0.2, 0.25) is 0 Å². The standard InChI is InChI=1S/C39H29N3/c1-4-13-28(14-5-1)31-19-10-22-34(25-31)37-40-38(35-23-11-20-32(26-35)29-15-6-2-7-16-29)42-39(41-37)36-24-12-21-33(27-36)30-17-8-3-9-18-30/h1-17,19-27,30H,18H2. The summed E-state index contributed by atoms with van der Waals surface area (Å²) < 4.78 is 0. The number of benzene rings is 5. The highest BCUT2D eigenvalue weighted by Gasteiger charge is 2.15. The van der Waals surface area contributed by atoms with Gasteiger partial charge >= 0.3 is 0 Å². The SMILES string of the molecule is C1=CCC(c2cccc(-c3nc(-c4cccc(-c5ccccc5)c4)nc(-c4cccc(-c5ccccc5)c4)n3)c2)C=C1. The van der Waals surface area contributed by atoms with E-state index in [1.807, 2.05) is 12.1 Å². The zero-order chi connectivity index (χ0) is 28.1. The van der Waals surface area contributed by atoms with E-state index in [0.29, 0.717) is 23.4 Å². The van der Waals surface area contributed by atoms with Gasteiger partial charge in [0.1, 0.15) is 0 Å². The van der Waals surface area contributed by atoms with E-state index in [-0.39, 0.29) is 0 Å². The Morgan fingerprint density at radius 3 is 1.36 bits per heavy atom. The summed E-state index contributed by atoms with van der Waals surface area (Å²) in [5.74, 6) is 2.33. The summed E-state index contributed by atoms with van der Waals surface area (Å²) in [5.41, 5.74) is 8.73. The quantitative estimate of drug-likeness (QED) is 0.211. The molecule has 3 nitrogen and oxygen atoms in total. The Morgan fingerprint density at radius 2 is 0.857 bits per heavy atom. The fourth-order valence-electron chi connectivity index (χ4n) is 5.44. The summed E-state index contributed by atoms with van der Waals surface area (Å²) in [7, 11) is 0. The van der Waals surface area contributed by atoms with Crippen molar-refractivity contribution in [1.82, 2.24) is 15.0 Å². The van der Waals surface area contributed by atoms with Crippen LogP contribution in [0.3, 0.4) is 0 Å². The minimum Gasteiger partial charge on any atom is -0.208 e. The normalized spacial score (nSPS) is 14.1. The van der Waals surface area contributed by atoms with Gasteiger partial charge in [-0.3, -0.25) is 0 Å². The van der Waals surface area contributed by atoms with E-state index in [2.05, 4.69) is 146 Å². The summed E-state index contributed by atoms with van der Waals surface area (Å²) in [4.78, 5) is 15.1. The third kappa shape index (κ3) is 5.45. The van der Waals surface area contributed by atoms with E-state index >= 15 is 0 Å². The Hall–Kier alpha value is -5.41. The molecule has 1 aliphatic rings. The van der Waals surface area contributed by atoms with Gasteiger partial charge in [0.15, 0.2) is 17.5 Å². The number of rotatable bonds is 6. The molecule has 1 aromatic heterocycles. The molecule has 3 heteroatoms. The van der Waals surface area contributed by atoms with Gasteiger partial charge in [0.05, 0.1) is 0 Å². The van der Waals surface area contributed by atoms with Crippen molar-refractivity contribution in [2.45, 2.75) is 12.3 Å². The van der Waals surface area contributed by atoms with Crippen molar-refractivity contribution in [2.75, 3.05) is 0 Å². The molecule has 0 fully saturated rings. The van der Waals surface area contributed by atoms with Gasteiger partial charge < -0.3 is 0 Å². The molecule has 200 valence electrons. The Morgan fingerprint density at radius 1 is 0.405 bits per heavy atom. The maximum absolute atomic E-state index is 5.05.